The maximum absolute atomic E-state index is 13.4. The van der Waals surface area contributed by atoms with Crippen molar-refractivity contribution >= 4 is 17.6 Å². The minimum atomic E-state index is -0.205. The molecule has 0 bridgehead atoms. The molecule has 2 aromatic carbocycles. The van der Waals surface area contributed by atoms with Gasteiger partial charge in [-0.25, -0.2) is 4.79 Å². The van der Waals surface area contributed by atoms with Crippen LogP contribution in [0.5, 0.6) is 0 Å². The molecule has 1 fully saturated rings. The second-order valence-corrected chi connectivity index (χ2v) is 8.82. The number of carbonyl (C=O) groups is 2. The molecule has 0 aliphatic carbocycles. The van der Waals surface area contributed by atoms with Gasteiger partial charge in [-0.3, -0.25) is 4.79 Å². The summed E-state index contributed by atoms with van der Waals surface area (Å²) in [6.45, 7) is 5.96. The minimum Gasteiger partial charge on any atom is -0.348 e. The summed E-state index contributed by atoms with van der Waals surface area (Å²) in [5.74, 6) is 0.0433. The van der Waals surface area contributed by atoms with Gasteiger partial charge in [-0.05, 0) is 43.7 Å². The van der Waals surface area contributed by atoms with Crippen molar-refractivity contribution in [2.24, 2.45) is 0 Å². The van der Waals surface area contributed by atoms with Gasteiger partial charge in [-0.1, -0.05) is 47.5 Å². The topological polar surface area (TPSA) is 57.6 Å². The Morgan fingerprint density at radius 2 is 1.62 bits per heavy atom. The molecule has 5 rings (SSSR count). The van der Waals surface area contributed by atoms with Crippen LogP contribution < -0.4 is 10.2 Å². The Balaban J connectivity index is 1.35. The molecular formula is C26H28N4O2. The fourth-order valence-electron chi connectivity index (χ4n) is 4.74. The minimum absolute atomic E-state index is 0.0433. The molecule has 164 valence electrons. The number of urea groups is 1. The predicted molar refractivity (Wildman–Crippen MR) is 125 cm³/mol. The Hall–Kier alpha value is -3.54. The number of hydrogen-bond acceptors (Lipinski definition) is 2. The number of nitrogens with one attached hydrogen (secondary N) is 1. The normalized spacial score (nSPS) is 20.4. The number of benzene rings is 2. The van der Waals surface area contributed by atoms with E-state index in [1.54, 1.807) is 4.90 Å². The molecule has 0 radical (unpaired) electrons. The maximum Gasteiger partial charge on any atom is 0.318 e. The van der Waals surface area contributed by atoms with Crippen molar-refractivity contribution in [3.63, 3.8) is 0 Å². The molecule has 6 nitrogen and oxygen atoms in total. The summed E-state index contributed by atoms with van der Waals surface area (Å²) in [4.78, 5) is 29.7. The van der Waals surface area contributed by atoms with Crippen LogP contribution in [0.15, 0.2) is 66.9 Å². The number of aryl methyl sites for hydroxylation is 2. The summed E-state index contributed by atoms with van der Waals surface area (Å²) in [7, 11) is 0. The van der Waals surface area contributed by atoms with E-state index in [0.717, 1.165) is 29.1 Å². The zero-order valence-electron chi connectivity index (χ0n) is 18.5. The molecule has 3 heterocycles. The molecule has 2 unspecified atom stereocenters. The molecule has 2 atom stereocenters. The van der Waals surface area contributed by atoms with Crippen LogP contribution in [0, 0.1) is 13.8 Å². The molecule has 3 aromatic rings. The van der Waals surface area contributed by atoms with Crippen molar-refractivity contribution in [2.45, 2.75) is 38.9 Å². The number of aromatic nitrogens is 1. The first-order valence-electron chi connectivity index (χ1n) is 11.2. The summed E-state index contributed by atoms with van der Waals surface area (Å²) in [5.41, 5.74) is 5.43. The van der Waals surface area contributed by atoms with Crippen LogP contribution in [0.25, 0.3) is 0 Å². The highest BCUT2D eigenvalue weighted by Gasteiger charge is 2.36. The van der Waals surface area contributed by atoms with E-state index in [2.05, 4.69) is 53.3 Å². The Labute approximate surface area is 188 Å². The molecule has 0 saturated carbocycles. The molecule has 1 aromatic heterocycles. The smallest absolute Gasteiger partial charge is 0.318 e. The van der Waals surface area contributed by atoms with Crippen molar-refractivity contribution in [3.8, 4) is 0 Å². The van der Waals surface area contributed by atoms with E-state index < -0.39 is 0 Å². The second-order valence-electron chi connectivity index (χ2n) is 8.82. The molecule has 2 aliphatic heterocycles. The van der Waals surface area contributed by atoms with Crippen LogP contribution >= 0.6 is 0 Å². The number of fused-ring (bicyclic) bond motifs is 1. The summed E-state index contributed by atoms with van der Waals surface area (Å²) >= 11 is 0. The third-order valence-electron chi connectivity index (χ3n) is 6.49. The van der Waals surface area contributed by atoms with Crippen molar-refractivity contribution in [1.29, 1.82) is 0 Å². The Morgan fingerprint density at radius 3 is 2.34 bits per heavy atom. The number of rotatable bonds is 3. The molecular weight excluding hydrogens is 400 g/mol. The highest BCUT2D eigenvalue weighted by Crippen LogP contribution is 2.33. The zero-order chi connectivity index (χ0) is 22.2. The maximum atomic E-state index is 13.4. The van der Waals surface area contributed by atoms with Crippen molar-refractivity contribution in [2.75, 3.05) is 18.0 Å². The predicted octanol–water partition coefficient (Wildman–Crippen LogP) is 4.03. The van der Waals surface area contributed by atoms with Crippen LogP contribution in [-0.4, -0.2) is 40.5 Å². The van der Waals surface area contributed by atoms with E-state index >= 15 is 0 Å². The third kappa shape index (κ3) is 3.77. The van der Waals surface area contributed by atoms with Gasteiger partial charge in [0.2, 0.25) is 5.91 Å². The van der Waals surface area contributed by atoms with Crippen LogP contribution in [0.3, 0.4) is 0 Å². The van der Waals surface area contributed by atoms with Crippen LogP contribution in [-0.2, 0) is 11.3 Å². The Kier molecular flexibility index (Phi) is 5.21. The van der Waals surface area contributed by atoms with Gasteiger partial charge in [0.1, 0.15) is 0 Å². The average molecular weight is 429 g/mol. The van der Waals surface area contributed by atoms with Gasteiger partial charge in [0.05, 0.1) is 12.1 Å². The van der Waals surface area contributed by atoms with Gasteiger partial charge in [0.25, 0.3) is 0 Å². The van der Waals surface area contributed by atoms with Gasteiger partial charge in [0.15, 0.2) is 0 Å². The van der Waals surface area contributed by atoms with E-state index in [4.69, 9.17) is 0 Å². The van der Waals surface area contributed by atoms with E-state index in [1.807, 2.05) is 42.2 Å². The summed E-state index contributed by atoms with van der Waals surface area (Å²) in [6.07, 6.45) is 2.39. The van der Waals surface area contributed by atoms with Gasteiger partial charge in [0, 0.05) is 43.6 Å². The fraction of sp³-hybridized carbons (Fsp3) is 0.308. The SMILES string of the molecule is Cc1ccc(C2c3cccn3CCN2C(=O)NC2CC(=O)N(c3ccc(C)cc3)C2)cc1. The van der Waals surface area contributed by atoms with Crippen molar-refractivity contribution in [1.82, 2.24) is 14.8 Å². The van der Waals surface area contributed by atoms with Gasteiger partial charge < -0.3 is 19.7 Å². The van der Waals surface area contributed by atoms with Gasteiger partial charge >= 0.3 is 6.03 Å². The number of anilines is 1. The molecule has 0 spiro atoms. The number of nitrogens with zero attached hydrogens (tertiary/aromatic N) is 3. The Bertz CT molecular complexity index is 1130. The average Bonchev–Trinajstić information content (AvgIpc) is 3.40. The summed E-state index contributed by atoms with van der Waals surface area (Å²) in [6, 6.07) is 19.9. The quantitative estimate of drug-likeness (QED) is 0.685. The first-order valence-corrected chi connectivity index (χ1v) is 11.2. The van der Waals surface area contributed by atoms with Crippen LogP contribution in [0.2, 0.25) is 0 Å². The van der Waals surface area contributed by atoms with E-state index in [-0.39, 0.29) is 24.0 Å². The lowest BCUT2D eigenvalue weighted by Crippen LogP contribution is -2.50. The van der Waals surface area contributed by atoms with Crippen molar-refractivity contribution < 1.29 is 9.59 Å². The van der Waals surface area contributed by atoms with E-state index in [9.17, 15) is 9.59 Å². The highest BCUT2D eigenvalue weighted by atomic mass is 16.2. The standard InChI is InChI=1S/C26H28N4O2/c1-18-5-9-20(10-6-18)25-23-4-3-13-28(23)14-15-29(25)26(32)27-21-16-24(31)30(17-21)22-11-7-19(2)8-12-22/h3-13,21,25H,14-17H2,1-2H3,(H,27,32). The van der Waals surface area contributed by atoms with Crippen LogP contribution in [0.4, 0.5) is 10.5 Å². The summed E-state index contributed by atoms with van der Waals surface area (Å²) in [5, 5.41) is 3.14. The van der Waals surface area contributed by atoms with Crippen molar-refractivity contribution in [3.05, 3.63) is 89.2 Å². The second kappa shape index (κ2) is 8.19. The molecule has 1 N–H and O–H groups in total. The first-order chi connectivity index (χ1) is 15.5. The largest absolute Gasteiger partial charge is 0.348 e. The number of hydrogen-bond donors (Lipinski definition) is 1. The van der Waals surface area contributed by atoms with E-state index in [1.165, 1.54) is 5.56 Å². The molecule has 3 amide bonds. The molecule has 2 aliphatic rings. The lowest BCUT2D eigenvalue weighted by molar-refractivity contribution is -0.117. The Morgan fingerprint density at radius 1 is 0.938 bits per heavy atom. The molecule has 32 heavy (non-hydrogen) atoms. The lowest BCUT2D eigenvalue weighted by Gasteiger charge is -2.38. The fourth-order valence-corrected chi connectivity index (χ4v) is 4.74. The summed E-state index contributed by atoms with van der Waals surface area (Å²) < 4.78 is 2.21. The zero-order valence-corrected chi connectivity index (χ0v) is 18.5. The number of amides is 3. The first kappa shape index (κ1) is 20.4. The molecule has 1 saturated heterocycles. The lowest BCUT2D eigenvalue weighted by atomic mass is 9.99. The molecule has 6 heteroatoms. The van der Waals surface area contributed by atoms with Gasteiger partial charge in [-0.2, -0.15) is 0 Å². The highest BCUT2D eigenvalue weighted by molar-refractivity contribution is 5.96. The van der Waals surface area contributed by atoms with Gasteiger partial charge in [-0.15, -0.1) is 0 Å². The number of carbonyl (C=O) groups excluding carboxylic acids is 2. The van der Waals surface area contributed by atoms with E-state index in [0.29, 0.717) is 19.5 Å². The monoisotopic (exact) mass is 428 g/mol. The third-order valence-corrected chi connectivity index (χ3v) is 6.49. The van der Waals surface area contributed by atoms with Crippen LogP contribution in [0.1, 0.15) is 34.8 Å².